The van der Waals surface area contributed by atoms with Crippen molar-refractivity contribution in [1.29, 1.82) is 0 Å². The van der Waals surface area contributed by atoms with Crippen molar-refractivity contribution in [2.45, 2.75) is 13.8 Å². The molecule has 0 bridgehead atoms. The van der Waals surface area contributed by atoms with Crippen molar-refractivity contribution in [2.75, 3.05) is 27.9 Å². The second kappa shape index (κ2) is 9.84. The van der Waals surface area contributed by atoms with Crippen LogP contribution >= 0.6 is 0 Å². The molecule has 1 heterocycles. The number of methoxy groups -OCH3 is 3. The second-order valence-electron chi connectivity index (χ2n) is 8.68. The Hall–Kier alpha value is -4.16. The lowest BCUT2D eigenvalue weighted by Gasteiger charge is -2.14. The maximum atomic E-state index is 6.18. The van der Waals surface area contributed by atoms with Crippen molar-refractivity contribution < 1.29 is 18.6 Å². The van der Waals surface area contributed by atoms with E-state index in [0.717, 1.165) is 50.3 Å². The Morgan fingerprint density at radius 2 is 1.50 bits per heavy atom. The summed E-state index contributed by atoms with van der Waals surface area (Å²) in [6.45, 7) is 4.60. The van der Waals surface area contributed by atoms with Gasteiger partial charge in [-0.2, -0.15) is 0 Å². The number of fused-ring (bicyclic) bond motifs is 2. The quantitative estimate of drug-likeness (QED) is 0.234. The second-order valence-corrected chi connectivity index (χ2v) is 8.68. The highest BCUT2D eigenvalue weighted by Crippen LogP contribution is 2.35. The number of aliphatic imine (C=N–C) groups is 1. The van der Waals surface area contributed by atoms with Crippen LogP contribution in [0.5, 0.6) is 11.5 Å². The van der Waals surface area contributed by atoms with E-state index < -0.39 is 0 Å². The molecule has 4 aromatic carbocycles. The van der Waals surface area contributed by atoms with Crippen LogP contribution in [0, 0.1) is 13.8 Å². The highest BCUT2D eigenvalue weighted by atomic mass is 16.5. The summed E-state index contributed by atoms with van der Waals surface area (Å²) in [7, 11) is 4.98. The topological polar surface area (TPSA) is 66.1 Å². The third-order valence-electron chi connectivity index (χ3n) is 6.39. The molecule has 36 heavy (non-hydrogen) atoms. The highest BCUT2D eigenvalue weighted by molar-refractivity contribution is 6.15. The third-order valence-corrected chi connectivity index (χ3v) is 6.39. The molecule has 0 atom stereocenters. The van der Waals surface area contributed by atoms with Gasteiger partial charge in [0.15, 0.2) is 5.58 Å². The van der Waals surface area contributed by atoms with Crippen LogP contribution in [0.25, 0.3) is 33.3 Å². The lowest BCUT2D eigenvalue weighted by molar-refractivity contribution is 0.245. The Balaban J connectivity index is 1.69. The van der Waals surface area contributed by atoms with Gasteiger partial charge in [0.25, 0.3) is 0 Å². The van der Waals surface area contributed by atoms with Gasteiger partial charge in [0.2, 0.25) is 5.89 Å². The Kier molecular flexibility index (Phi) is 6.44. The molecule has 0 aliphatic heterocycles. The smallest absolute Gasteiger partial charge is 0.227 e. The molecule has 0 aliphatic carbocycles. The molecule has 6 heteroatoms. The summed E-state index contributed by atoms with van der Waals surface area (Å²) in [6.07, 6.45) is 0. The van der Waals surface area contributed by atoms with Crippen LogP contribution in [0.15, 0.2) is 76.1 Å². The van der Waals surface area contributed by atoms with Crippen LogP contribution < -0.4 is 9.47 Å². The molecule has 0 spiro atoms. The molecule has 6 nitrogen and oxygen atoms in total. The zero-order valence-electron chi connectivity index (χ0n) is 21.1. The van der Waals surface area contributed by atoms with E-state index in [1.807, 2.05) is 48.5 Å². The van der Waals surface area contributed by atoms with Crippen LogP contribution in [0.3, 0.4) is 0 Å². The van der Waals surface area contributed by atoms with Crippen molar-refractivity contribution in [3.05, 3.63) is 83.4 Å². The van der Waals surface area contributed by atoms with Gasteiger partial charge in [-0.1, -0.05) is 18.2 Å². The van der Waals surface area contributed by atoms with E-state index in [2.05, 4.69) is 32.0 Å². The van der Waals surface area contributed by atoms with E-state index in [9.17, 15) is 0 Å². The summed E-state index contributed by atoms with van der Waals surface area (Å²) >= 11 is 0. The summed E-state index contributed by atoms with van der Waals surface area (Å²) in [4.78, 5) is 9.70. The number of nitrogens with zero attached hydrogens (tertiary/aromatic N) is 2. The monoisotopic (exact) mass is 480 g/mol. The molecular weight excluding hydrogens is 452 g/mol. The number of aromatic nitrogens is 1. The fourth-order valence-electron chi connectivity index (χ4n) is 4.31. The third kappa shape index (κ3) is 4.43. The van der Waals surface area contributed by atoms with Gasteiger partial charge in [-0.25, -0.2) is 4.98 Å². The maximum absolute atomic E-state index is 6.18. The van der Waals surface area contributed by atoms with E-state index >= 15 is 0 Å². The predicted molar refractivity (Wildman–Crippen MR) is 144 cm³/mol. The van der Waals surface area contributed by atoms with Gasteiger partial charge < -0.3 is 18.6 Å². The molecule has 0 N–H and O–H groups in total. The number of hydrogen-bond donors (Lipinski definition) is 0. The van der Waals surface area contributed by atoms with Gasteiger partial charge >= 0.3 is 0 Å². The minimum absolute atomic E-state index is 0.371. The van der Waals surface area contributed by atoms with Crippen molar-refractivity contribution in [3.63, 3.8) is 0 Å². The Morgan fingerprint density at radius 3 is 2.19 bits per heavy atom. The number of aryl methyl sites for hydroxylation is 2. The van der Waals surface area contributed by atoms with Crippen molar-refractivity contribution in [2.24, 2.45) is 4.99 Å². The molecule has 182 valence electrons. The number of oxazole rings is 1. The van der Waals surface area contributed by atoms with E-state index in [0.29, 0.717) is 18.1 Å². The average Bonchev–Trinajstić information content (AvgIpc) is 3.32. The first-order chi connectivity index (χ1) is 17.5. The molecular formula is C30H28N2O4. The summed E-state index contributed by atoms with van der Waals surface area (Å²) in [6, 6.07) is 21.8. The molecule has 0 aliphatic rings. The minimum atomic E-state index is 0.371. The summed E-state index contributed by atoms with van der Waals surface area (Å²) in [5.41, 5.74) is 7.46. The first kappa shape index (κ1) is 23.6. The SMILES string of the molecule is COCC(=Nc1ccc(OC)cc1)c1ccc(-c2nc3ccc(OC)cc3o2)c2cc(C)c(C)cc12. The summed E-state index contributed by atoms with van der Waals surface area (Å²) < 4.78 is 22.4. The molecule has 0 amide bonds. The van der Waals surface area contributed by atoms with Crippen LogP contribution in [-0.2, 0) is 4.74 Å². The summed E-state index contributed by atoms with van der Waals surface area (Å²) in [5.74, 6) is 2.09. The van der Waals surface area contributed by atoms with Crippen LogP contribution in [-0.4, -0.2) is 38.6 Å². The van der Waals surface area contributed by atoms with Gasteiger partial charge in [0.1, 0.15) is 17.0 Å². The molecule has 1 aromatic heterocycles. The molecule has 5 aromatic rings. The zero-order valence-corrected chi connectivity index (χ0v) is 21.1. The molecule has 0 saturated heterocycles. The van der Waals surface area contributed by atoms with Crippen LogP contribution in [0.2, 0.25) is 0 Å². The molecule has 5 rings (SSSR count). The van der Waals surface area contributed by atoms with Gasteiger partial charge in [0.05, 0.1) is 32.2 Å². The van der Waals surface area contributed by atoms with Crippen molar-refractivity contribution >= 4 is 33.3 Å². The Labute approximate surface area is 210 Å². The normalized spacial score (nSPS) is 11.9. The van der Waals surface area contributed by atoms with Gasteiger partial charge in [-0.15, -0.1) is 0 Å². The first-order valence-corrected chi connectivity index (χ1v) is 11.7. The van der Waals surface area contributed by atoms with E-state index in [4.69, 9.17) is 28.6 Å². The number of hydrogen-bond acceptors (Lipinski definition) is 6. The van der Waals surface area contributed by atoms with E-state index in [-0.39, 0.29) is 0 Å². The molecule has 0 saturated carbocycles. The van der Waals surface area contributed by atoms with Gasteiger partial charge in [-0.3, -0.25) is 4.99 Å². The standard InChI is InChI=1S/C30H28N2O4/c1-18-14-25-23(28(17-33-3)31-20-6-8-21(34-4)9-7-20)11-12-24(26(25)15-19(18)2)30-32-27-13-10-22(35-5)16-29(27)36-30/h6-16H,17H2,1-5H3. The molecule has 0 fully saturated rings. The number of benzene rings is 4. The number of rotatable bonds is 7. The van der Waals surface area contributed by atoms with Crippen LogP contribution in [0.1, 0.15) is 16.7 Å². The molecule has 0 unspecified atom stereocenters. The first-order valence-electron chi connectivity index (χ1n) is 11.7. The predicted octanol–water partition coefficient (Wildman–Crippen LogP) is 7.05. The summed E-state index contributed by atoms with van der Waals surface area (Å²) in [5, 5.41) is 2.12. The fourth-order valence-corrected chi connectivity index (χ4v) is 4.31. The zero-order chi connectivity index (χ0) is 25.2. The fraction of sp³-hybridized carbons (Fsp3) is 0.200. The maximum Gasteiger partial charge on any atom is 0.227 e. The average molecular weight is 481 g/mol. The van der Waals surface area contributed by atoms with E-state index in [1.165, 1.54) is 11.1 Å². The van der Waals surface area contributed by atoms with Crippen LogP contribution in [0.4, 0.5) is 5.69 Å². The minimum Gasteiger partial charge on any atom is -0.497 e. The highest BCUT2D eigenvalue weighted by Gasteiger charge is 2.17. The lowest BCUT2D eigenvalue weighted by atomic mass is 9.93. The van der Waals surface area contributed by atoms with Crippen molar-refractivity contribution in [3.8, 4) is 23.0 Å². The van der Waals surface area contributed by atoms with E-state index in [1.54, 1.807) is 21.3 Å². The largest absolute Gasteiger partial charge is 0.497 e. The Bertz CT molecular complexity index is 1580. The van der Waals surface area contributed by atoms with Gasteiger partial charge in [0, 0.05) is 24.3 Å². The lowest BCUT2D eigenvalue weighted by Crippen LogP contribution is -2.10. The Morgan fingerprint density at radius 1 is 0.806 bits per heavy atom. The number of ether oxygens (including phenoxy) is 3. The molecule has 0 radical (unpaired) electrons. The van der Waals surface area contributed by atoms with Gasteiger partial charge in [-0.05, 0) is 78.2 Å². The van der Waals surface area contributed by atoms with Crippen molar-refractivity contribution in [1.82, 2.24) is 4.98 Å².